The molecule has 14 heteroatoms. The fraction of sp³-hybridized carbons (Fsp3) is 0.578. The third-order valence-electron chi connectivity index (χ3n) is 13.0. The minimum absolute atomic E-state index is 0.0379. The summed E-state index contributed by atoms with van der Waals surface area (Å²) in [4.78, 5) is 69.4. The second-order valence-corrected chi connectivity index (χ2v) is 18.0. The van der Waals surface area contributed by atoms with Crippen LogP contribution in [0.2, 0.25) is 0 Å². The van der Waals surface area contributed by atoms with Crippen LogP contribution in [-0.2, 0) is 33.3 Å². The van der Waals surface area contributed by atoms with Crippen molar-refractivity contribution < 1.29 is 63.3 Å². The first-order valence-corrected chi connectivity index (χ1v) is 20.1. The van der Waals surface area contributed by atoms with Crippen LogP contribution in [-0.4, -0.2) is 97.5 Å². The highest BCUT2D eigenvalue weighted by molar-refractivity contribution is 5.94. The summed E-state index contributed by atoms with van der Waals surface area (Å²) in [5.74, 6) is -5.85. The van der Waals surface area contributed by atoms with Gasteiger partial charge in [-0.25, -0.2) is 14.4 Å². The van der Waals surface area contributed by atoms with E-state index >= 15 is 4.79 Å². The molecule has 3 aliphatic carbocycles. The van der Waals surface area contributed by atoms with Crippen molar-refractivity contribution in [2.75, 3.05) is 0 Å². The number of amides is 1. The minimum Gasteiger partial charge on any atom is -0.458 e. The SMILES string of the molecule is CC[C@@]1(OC(C)=O)C2[C@H](OC(=O)c3ccccc3)[C@]3(O)C[C@H](OC(=O)[C@H](O)[C@@H](NC(=O)OC(C)(C)C)c4ccccc4)C(C)=C([C@@H](O)C(=O)[C@]2(C)[C@@H](O)C[C@H]1C)C3(C)C. The van der Waals surface area contributed by atoms with Crippen LogP contribution in [0.5, 0.6) is 0 Å². The van der Waals surface area contributed by atoms with Crippen molar-refractivity contribution in [3.8, 4) is 0 Å². The Hall–Kier alpha value is -4.63. The summed E-state index contributed by atoms with van der Waals surface area (Å²) < 4.78 is 24.0. The molecule has 2 bridgehead atoms. The highest BCUT2D eigenvalue weighted by Gasteiger charge is 2.74. The molecule has 1 amide bonds. The first-order valence-electron chi connectivity index (χ1n) is 20.1. The number of benzene rings is 2. The molecule has 3 aliphatic rings. The molecule has 14 nitrogen and oxygen atoms in total. The number of nitrogens with one attached hydrogen (secondary N) is 1. The Bertz CT molecular complexity index is 1960. The van der Waals surface area contributed by atoms with Crippen molar-refractivity contribution in [3.63, 3.8) is 0 Å². The number of esters is 3. The molecule has 2 fully saturated rings. The second-order valence-electron chi connectivity index (χ2n) is 18.0. The normalized spacial score (nSPS) is 32.6. The van der Waals surface area contributed by atoms with E-state index in [9.17, 15) is 39.6 Å². The number of aliphatic hydroxyl groups excluding tert-OH is 3. The van der Waals surface area contributed by atoms with E-state index in [4.69, 9.17) is 18.9 Å². The van der Waals surface area contributed by atoms with Gasteiger partial charge in [-0.1, -0.05) is 76.2 Å². The van der Waals surface area contributed by atoms with Crippen LogP contribution in [0.15, 0.2) is 71.8 Å². The van der Waals surface area contributed by atoms with Gasteiger partial charge >= 0.3 is 24.0 Å². The van der Waals surface area contributed by atoms with Crippen molar-refractivity contribution in [1.82, 2.24) is 5.32 Å². The van der Waals surface area contributed by atoms with E-state index in [-0.39, 0.29) is 29.6 Å². The van der Waals surface area contributed by atoms with Gasteiger partial charge in [0.25, 0.3) is 0 Å². The van der Waals surface area contributed by atoms with Crippen molar-refractivity contribution in [3.05, 3.63) is 82.9 Å². The van der Waals surface area contributed by atoms with Crippen molar-refractivity contribution in [2.24, 2.45) is 22.7 Å². The van der Waals surface area contributed by atoms with E-state index in [1.165, 1.54) is 32.9 Å². The van der Waals surface area contributed by atoms with Gasteiger partial charge in [0.2, 0.25) is 0 Å². The summed E-state index contributed by atoms with van der Waals surface area (Å²) in [6, 6.07) is 14.7. The van der Waals surface area contributed by atoms with E-state index in [1.807, 2.05) is 0 Å². The summed E-state index contributed by atoms with van der Waals surface area (Å²) in [6.45, 7) is 15.7. The third kappa shape index (κ3) is 8.04. The van der Waals surface area contributed by atoms with Gasteiger partial charge in [0, 0.05) is 18.8 Å². The zero-order chi connectivity index (χ0) is 44.0. The number of hydrogen-bond acceptors (Lipinski definition) is 13. The lowest BCUT2D eigenvalue weighted by atomic mass is 9.44. The molecule has 1 unspecified atom stereocenters. The maximum atomic E-state index is 15.1. The third-order valence-corrected chi connectivity index (χ3v) is 13.0. The van der Waals surface area contributed by atoms with Crippen LogP contribution in [0.4, 0.5) is 4.79 Å². The van der Waals surface area contributed by atoms with Crippen LogP contribution in [0, 0.1) is 22.7 Å². The second kappa shape index (κ2) is 16.4. The van der Waals surface area contributed by atoms with E-state index in [1.54, 1.807) is 97.0 Å². The molecule has 11 atom stereocenters. The summed E-state index contributed by atoms with van der Waals surface area (Å²) in [5.41, 5.74) is -7.93. The van der Waals surface area contributed by atoms with Gasteiger partial charge in [-0.05, 0) is 82.2 Å². The molecule has 5 rings (SSSR count). The highest BCUT2D eigenvalue weighted by Crippen LogP contribution is 2.63. The molecule has 0 aromatic heterocycles. The highest BCUT2D eigenvalue weighted by atomic mass is 16.6. The number of hydrogen-bond donors (Lipinski definition) is 5. The predicted octanol–water partition coefficient (Wildman–Crippen LogP) is 4.91. The van der Waals surface area contributed by atoms with Crippen molar-refractivity contribution in [2.45, 2.75) is 142 Å². The lowest BCUT2D eigenvalue weighted by Crippen LogP contribution is -2.76. The Morgan fingerprint density at radius 2 is 1.53 bits per heavy atom. The lowest BCUT2D eigenvalue weighted by Gasteiger charge is -2.65. The Morgan fingerprint density at radius 3 is 2.07 bits per heavy atom. The monoisotopic (exact) mass is 821 g/mol. The summed E-state index contributed by atoms with van der Waals surface area (Å²) in [7, 11) is 0. The number of alkyl carbamates (subject to hydrolysis) is 1. The van der Waals surface area contributed by atoms with E-state index in [0.29, 0.717) is 5.56 Å². The Labute approximate surface area is 345 Å². The number of aliphatic hydroxyl groups is 4. The fourth-order valence-electron chi connectivity index (χ4n) is 9.92. The topological polar surface area (TPSA) is 215 Å². The van der Waals surface area contributed by atoms with Crippen LogP contribution >= 0.6 is 0 Å². The number of carbonyl (C=O) groups is 5. The molecule has 59 heavy (non-hydrogen) atoms. The molecular weight excluding hydrogens is 762 g/mol. The maximum absolute atomic E-state index is 15.1. The number of Topliss-reactive ketones (excluding diaryl/α,β-unsaturated/α-hetero) is 1. The van der Waals surface area contributed by atoms with Crippen LogP contribution < -0.4 is 5.32 Å². The Morgan fingerprint density at radius 1 is 0.949 bits per heavy atom. The zero-order valence-corrected chi connectivity index (χ0v) is 35.5. The largest absolute Gasteiger partial charge is 0.458 e. The van der Waals surface area contributed by atoms with Crippen LogP contribution in [0.1, 0.15) is 110 Å². The van der Waals surface area contributed by atoms with E-state index in [2.05, 4.69) is 5.32 Å². The molecule has 322 valence electrons. The molecular formula is C45H59NO13. The van der Waals surface area contributed by atoms with Gasteiger partial charge < -0.3 is 44.7 Å². The van der Waals surface area contributed by atoms with Crippen molar-refractivity contribution >= 4 is 29.8 Å². The molecule has 5 N–H and O–H groups in total. The predicted molar refractivity (Wildman–Crippen MR) is 213 cm³/mol. The van der Waals surface area contributed by atoms with Crippen LogP contribution in [0.25, 0.3) is 0 Å². The van der Waals surface area contributed by atoms with Gasteiger partial charge in [0.15, 0.2) is 11.9 Å². The van der Waals surface area contributed by atoms with E-state index < -0.39 is 112 Å². The molecule has 2 saturated carbocycles. The molecule has 0 spiro atoms. The van der Waals surface area contributed by atoms with Gasteiger partial charge in [-0.15, -0.1) is 0 Å². The summed E-state index contributed by atoms with van der Waals surface area (Å²) >= 11 is 0. The van der Waals surface area contributed by atoms with Gasteiger partial charge in [-0.3, -0.25) is 9.59 Å². The van der Waals surface area contributed by atoms with Gasteiger partial charge in [0.1, 0.15) is 35.1 Å². The Kier molecular flexibility index (Phi) is 12.7. The molecule has 0 radical (unpaired) electrons. The number of ether oxygens (including phenoxy) is 4. The number of rotatable bonds is 9. The lowest BCUT2D eigenvalue weighted by molar-refractivity contribution is -0.274. The molecule has 0 aliphatic heterocycles. The average Bonchev–Trinajstić information content (AvgIpc) is 3.16. The first-order chi connectivity index (χ1) is 27.4. The smallest absolute Gasteiger partial charge is 0.408 e. The quantitative estimate of drug-likeness (QED) is 0.129. The van der Waals surface area contributed by atoms with Gasteiger partial charge in [-0.2, -0.15) is 0 Å². The number of fused-ring (bicyclic) bond motifs is 3. The molecule has 0 heterocycles. The summed E-state index contributed by atoms with van der Waals surface area (Å²) in [6.07, 6.45) is -10.1. The number of ketones is 1. The fourth-order valence-corrected chi connectivity index (χ4v) is 9.92. The van der Waals surface area contributed by atoms with Crippen molar-refractivity contribution in [1.29, 1.82) is 0 Å². The maximum Gasteiger partial charge on any atom is 0.408 e. The Balaban J connectivity index is 1.70. The molecule has 0 saturated heterocycles. The summed E-state index contributed by atoms with van der Waals surface area (Å²) in [5, 5.41) is 52.0. The standard InChI is InChI=1S/C45H59NO13/c1-11-44(58-26(4)47)24(2)22-30(48)43(10)35(44)37(57-38(52)28-20-16-13-17-21-28)45(55)23-29(25(3)31(42(45,8)9)33(49)36(43)51)56-39(53)34(50)32(27-18-14-12-15-19-27)46-40(54)59-41(5,6)7/h12-21,24,29-30,32-35,37,48-50,55H,11,22-23H2,1-10H3,(H,46,54)/t24-,29+,30+,32+,33-,34-,35?,37+,43-,44+,45-/m1/s1. The molecule has 2 aromatic carbocycles. The average molecular weight is 822 g/mol. The zero-order valence-electron chi connectivity index (χ0n) is 35.5. The number of carbonyl (C=O) groups excluding carboxylic acids is 5. The van der Waals surface area contributed by atoms with Crippen LogP contribution in [0.3, 0.4) is 0 Å². The van der Waals surface area contributed by atoms with Gasteiger partial charge in [0.05, 0.1) is 29.0 Å². The van der Waals surface area contributed by atoms with E-state index in [0.717, 1.165) is 0 Å². The first kappa shape index (κ1) is 45.5. The minimum atomic E-state index is -2.33. The molecule has 2 aromatic rings.